The van der Waals surface area contributed by atoms with Gasteiger partial charge >= 0.3 is 5.88 Å². The fourth-order valence-electron chi connectivity index (χ4n) is 1.78. The number of carbonyl (C=O) groups is 1. The summed E-state index contributed by atoms with van der Waals surface area (Å²) in [5.74, 6) is -1.18. The van der Waals surface area contributed by atoms with E-state index in [0.29, 0.717) is 5.69 Å². The van der Waals surface area contributed by atoms with Crippen LogP contribution in [0.1, 0.15) is 10.6 Å². The minimum Gasteiger partial charge on any atom is -0.395 e. The molecule has 0 aliphatic carbocycles. The lowest BCUT2D eigenvalue weighted by molar-refractivity contribution is -0.402. The van der Waals surface area contributed by atoms with Gasteiger partial charge in [-0.25, -0.2) is 9.67 Å². The predicted octanol–water partition coefficient (Wildman–Crippen LogP) is 2.02. The molecule has 0 bridgehead atoms. The molecule has 2 heterocycles. The van der Waals surface area contributed by atoms with Crippen molar-refractivity contribution in [1.29, 1.82) is 0 Å². The Labute approximate surface area is 123 Å². The Bertz CT molecular complexity index is 807. The monoisotopic (exact) mass is 299 g/mol. The molecule has 9 nitrogen and oxygen atoms in total. The highest BCUT2D eigenvalue weighted by Gasteiger charge is 2.17. The van der Waals surface area contributed by atoms with Crippen LogP contribution in [-0.2, 0) is 0 Å². The van der Waals surface area contributed by atoms with Gasteiger partial charge in [0.2, 0.25) is 0 Å². The third-order valence-electron chi connectivity index (χ3n) is 2.80. The fourth-order valence-corrected chi connectivity index (χ4v) is 1.78. The highest BCUT2D eigenvalue weighted by Crippen LogP contribution is 2.18. The van der Waals surface area contributed by atoms with Crippen LogP contribution < -0.4 is 5.32 Å². The molecule has 3 rings (SSSR count). The molecule has 0 aliphatic rings. The van der Waals surface area contributed by atoms with Crippen molar-refractivity contribution >= 4 is 17.5 Å². The second-order valence-corrected chi connectivity index (χ2v) is 4.24. The van der Waals surface area contributed by atoms with Crippen LogP contribution in [0.2, 0.25) is 0 Å². The number of benzene rings is 1. The number of amides is 1. The van der Waals surface area contributed by atoms with E-state index in [0.717, 1.165) is 11.8 Å². The van der Waals surface area contributed by atoms with E-state index in [2.05, 4.69) is 15.4 Å². The maximum atomic E-state index is 11.9. The Morgan fingerprint density at radius 2 is 2.00 bits per heavy atom. The lowest BCUT2D eigenvalue weighted by atomic mass is 10.2. The Balaban J connectivity index is 1.72. The number of nitrogens with zero attached hydrogens (tertiary/aromatic N) is 4. The van der Waals surface area contributed by atoms with Crippen LogP contribution in [0.4, 0.5) is 11.6 Å². The molecule has 0 radical (unpaired) electrons. The Hall–Kier alpha value is -3.49. The van der Waals surface area contributed by atoms with Crippen molar-refractivity contribution in [1.82, 2.24) is 14.8 Å². The molecule has 1 N–H and O–H groups in total. The van der Waals surface area contributed by atoms with E-state index in [-0.39, 0.29) is 5.76 Å². The van der Waals surface area contributed by atoms with Crippen molar-refractivity contribution in [3.63, 3.8) is 0 Å². The number of nitro groups is 1. The van der Waals surface area contributed by atoms with Gasteiger partial charge in [0.15, 0.2) is 5.76 Å². The molecule has 0 aliphatic heterocycles. The minimum absolute atomic E-state index is 0.132. The molecular weight excluding hydrogens is 290 g/mol. The number of rotatable bonds is 4. The summed E-state index contributed by atoms with van der Waals surface area (Å²) in [4.78, 5) is 25.6. The summed E-state index contributed by atoms with van der Waals surface area (Å²) in [5, 5.41) is 17.1. The van der Waals surface area contributed by atoms with Gasteiger partial charge in [0.05, 0.1) is 11.8 Å². The zero-order valence-electron chi connectivity index (χ0n) is 11.0. The number of nitrogens with one attached hydrogen (secondary N) is 1. The van der Waals surface area contributed by atoms with Crippen molar-refractivity contribution in [2.45, 2.75) is 0 Å². The summed E-state index contributed by atoms with van der Waals surface area (Å²) in [6.07, 6.45) is 2.97. The minimum atomic E-state index is -0.705. The molecular formula is C13H9N5O4. The first kappa shape index (κ1) is 13.5. The lowest BCUT2D eigenvalue weighted by Gasteiger charge is -2.04. The Morgan fingerprint density at radius 3 is 2.59 bits per heavy atom. The predicted molar refractivity (Wildman–Crippen MR) is 74.7 cm³/mol. The standard InChI is InChI=1S/C13H9N5O4/c19-13(11-5-6-12(22-11)18(20)21)16-9-1-3-10(4-2-9)17-8-14-7-15-17/h1-8H,(H,16,19). The highest BCUT2D eigenvalue weighted by molar-refractivity contribution is 6.02. The van der Waals surface area contributed by atoms with Crippen molar-refractivity contribution in [3.8, 4) is 5.69 Å². The number of aromatic nitrogens is 3. The summed E-state index contributed by atoms with van der Waals surface area (Å²) in [6.45, 7) is 0. The molecule has 0 spiro atoms. The van der Waals surface area contributed by atoms with Crippen molar-refractivity contribution in [2.24, 2.45) is 0 Å². The Morgan fingerprint density at radius 1 is 1.23 bits per heavy atom. The number of hydrogen-bond donors (Lipinski definition) is 1. The summed E-state index contributed by atoms with van der Waals surface area (Å²) >= 11 is 0. The van der Waals surface area contributed by atoms with Crippen LogP contribution in [-0.4, -0.2) is 25.6 Å². The average molecular weight is 299 g/mol. The smallest absolute Gasteiger partial charge is 0.395 e. The molecule has 110 valence electrons. The van der Waals surface area contributed by atoms with Crippen molar-refractivity contribution in [3.05, 3.63) is 64.9 Å². The van der Waals surface area contributed by atoms with E-state index < -0.39 is 16.7 Å². The molecule has 1 amide bonds. The van der Waals surface area contributed by atoms with Gasteiger partial charge in [-0.3, -0.25) is 14.9 Å². The van der Waals surface area contributed by atoms with Gasteiger partial charge in [0.25, 0.3) is 5.91 Å². The van der Waals surface area contributed by atoms with Gasteiger partial charge < -0.3 is 9.73 Å². The van der Waals surface area contributed by atoms with Crippen LogP contribution in [0.15, 0.2) is 53.5 Å². The van der Waals surface area contributed by atoms with E-state index >= 15 is 0 Å². The Kier molecular flexibility index (Phi) is 3.36. The lowest BCUT2D eigenvalue weighted by Crippen LogP contribution is -2.10. The molecule has 0 saturated heterocycles. The molecule has 0 fully saturated rings. The van der Waals surface area contributed by atoms with Crippen molar-refractivity contribution in [2.75, 3.05) is 5.32 Å². The van der Waals surface area contributed by atoms with Crippen LogP contribution in [0.3, 0.4) is 0 Å². The summed E-state index contributed by atoms with van der Waals surface area (Å²) in [5.41, 5.74) is 1.30. The third-order valence-corrected chi connectivity index (χ3v) is 2.80. The summed E-state index contributed by atoms with van der Waals surface area (Å²) < 4.78 is 6.40. The molecule has 0 saturated carbocycles. The number of carbonyl (C=O) groups excluding carboxylic acids is 1. The molecule has 1 aromatic carbocycles. The zero-order chi connectivity index (χ0) is 15.5. The van der Waals surface area contributed by atoms with Gasteiger partial charge in [-0.1, -0.05) is 0 Å². The van der Waals surface area contributed by atoms with Gasteiger partial charge in [-0.2, -0.15) is 5.10 Å². The van der Waals surface area contributed by atoms with Crippen LogP contribution >= 0.6 is 0 Å². The summed E-state index contributed by atoms with van der Waals surface area (Å²) in [7, 11) is 0. The molecule has 2 aromatic heterocycles. The summed E-state index contributed by atoms with van der Waals surface area (Å²) in [6, 6.07) is 9.21. The molecule has 3 aromatic rings. The maximum absolute atomic E-state index is 11.9. The quantitative estimate of drug-likeness (QED) is 0.582. The van der Waals surface area contributed by atoms with E-state index in [4.69, 9.17) is 4.42 Å². The fraction of sp³-hybridized carbons (Fsp3) is 0. The topological polar surface area (TPSA) is 116 Å². The number of hydrogen-bond acceptors (Lipinski definition) is 6. The zero-order valence-corrected chi connectivity index (χ0v) is 11.0. The van der Waals surface area contributed by atoms with Gasteiger partial charge in [0.1, 0.15) is 17.6 Å². The number of furan rings is 1. The first-order chi connectivity index (χ1) is 10.6. The van der Waals surface area contributed by atoms with Crippen molar-refractivity contribution < 1.29 is 14.1 Å². The van der Waals surface area contributed by atoms with Gasteiger partial charge in [-0.15, -0.1) is 0 Å². The van der Waals surface area contributed by atoms with Gasteiger partial charge in [-0.05, 0) is 30.3 Å². The maximum Gasteiger partial charge on any atom is 0.433 e. The van der Waals surface area contributed by atoms with Crippen LogP contribution in [0.5, 0.6) is 0 Å². The first-order valence-electron chi connectivity index (χ1n) is 6.14. The van der Waals surface area contributed by atoms with Crippen LogP contribution in [0, 0.1) is 10.1 Å². The van der Waals surface area contributed by atoms with Crippen LogP contribution in [0.25, 0.3) is 5.69 Å². The SMILES string of the molecule is O=C(Nc1ccc(-n2cncn2)cc1)c1ccc([N+](=O)[O-])o1. The van der Waals surface area contributed by atoms with E-state index in [1.807, 2.05) is 0 Å². The normalized spacial score (nSPS) is 10.4. The van der Waals surface area contributed by atoms with E-state index in [1.54, 1.807) is 35.3 Å². The molecule has 0 atom stereocenters. The average Bonchev–Trinajstić information content (AvgIpc) is 3.20. The highest BCUT2D eigenvalue weighted by atomic mass is 16.6. The van der Waals surface area contributed by atoms with Gasteiger partial charge in [0, 0.05) is 5.69 Å². The first-order valence-corrected chi connectivity index (χ1v) is 6.14. The molecule has 22 heavy (non-hydrogen) atoms. The third kappa shape index (κ3) is 2.68. The van der Waals surface area contributed by atoms with E-state index in [9.17, 15) is 14.9 Å². The second kappa shape index (κ2) is 5.48. The second-order valence-electron chi connectivity index (χ2n) is 4.24. The molecule has 9 heteroatoms. The number of anilines is 1. The molecule has 0 unspecified atom stereocenters. The largest absolute Gasteiger partial charge is 0.433 e. The van der Waals surface area contributed by atoms with E-state index in [1.165, 1.54) is 12.4 Å².